The standard InChI is InChI=1S/C18H21/c1-4-17(13-16-10-6-5-7-11-16)18-12-8-9-14(2)15(18)3/h5-12H,4,13H2,1-3H3. The van der Waals surface area contributed by atoms with Gasteiger partial charge in [-0.05, 0) is 48.9 Å². The van der Waals surface area contributed by atoms with Gasteiger partial charge in [0.25, 0.3) is 0 Å². The largest absolute Gasteiger partial charge is 0.0645 e. The molecular weight excluding hydrogens is 216 g/mol. The second-order valence-electron chi connectivity index (χ2n) is 4.87. The van der Waals surface area contributed by atoms with E-state index < -0.39 is 0 Å². The van der Waals surface area contributed by atoms with Crippen molar-refractivity contribution in [3.8, 4) is 0 Å². The van der Waals surface area contributed by atoms with Crippen LogP contribution in [0.4, 0.5) is 0 Å². The Bertz CT molecular complexity index is 497. The van der Waals surface area contributed by atoms with E-state index in [0.717, 1.165) is 12.8 Å². The molecule has 0 saturated carbocycles. The lowest BCUT2D eigenvalue weighted by atomic mass is 9.86. The molecule has 0 aromatic heterocycles. The Labute approximate surface area is 111 Å². The zero-order valence-corrected chi connectivity index (χ0v) is 11.5. The summed E-state index contributed by atoms with van der Waals surface area (Å²) in [6, 6.07) is 17.3. The fourth-order valence-electron chi connectivity index (χ4n) is 2.39. The van der Waals surface area contributed by atoms with Crippen LogP contribution >= 0.6 is 0 Å². The summed E-state index contributed by atoms with van der Waals surface area (Å²) in [6.45, 7) is 6.67. The van der Waals surface area contributed by atoms with Gasteiger partial charge in [0, 0.05) is 5.92 Å². The van der Waals surface area contributed by atoms with Crippen molar-refractivity contribution >= 4 is 0 Å². The third-order valence-electron chi connectivity index (χ3n) is 3.67. The number of hydrogen-bond acceptors (Lipinski definition) is 0. The zero-order chi connectivity index (χ0) is 13.0. The first kappa shape index (κ1) is 12.9. The molecule has 1 radical (unpaired) electrons. The average Bonchev–Trinajstić information content (AvgIpc) is 2.41. The first-order chi connectivity index (χ1) is 8.72. The number of rotatable bonds is 4. The van der Waals surface area contributed by atoms with Gasteiger partial charge in [-0.3, -0.25) is 0 Å². The van der Waals surface area contributed by atoms with Crippen LogP contribution in [0.2, 0.25) is 0 Å². The molecule has 0 atom stereocenters. The van der Waals surface area contributed by atoms with Crippen LogP contribution in [0.3, 0.4) is 0 Å². The maximum Gasteiger partial charge on any atom is 0.00934 e. The van der Waals surface area contributed by atoms with Crippen LogP contribution in [0.15, 0.2) is 48.5 Å². The highest BCUT2D eigenvalue weighted by Gasteiger charge is 2.13. The van der Waals surface area contributed by atoms with E-state index in [1.807, 2.05) is 0 Å². The van der Waals surface area contributed by atoms with Gasteiger partial charge in [0.1, 0.15) is 0 Å². The molecule has 2 aromatic carbocycles. The van der Waals surface area contributed by atoms with Gasteiger partial charge in [-0.1, -0.05) is 55.5 Å². The van der Waals surface area contributed by atoms with Crippen LogP contribution in [-0.4, -0.2) is 0 Å². The highest BCUT2D eigenvalue weighted by Crippen LogP contribution is 2.27. The first-order valence-electron chi connectivity index (χ1n) is 6.67. The molecule has 0 bridgehead atoms. The molecule has 0 fully saturated rings. The summed E-state index contributed by atoms with van der Waals surface area (Å²) < 4.78 is 0. The van der Waals surface area contributed by atoms with Crippen LogP contribution < -0.4 is 0 Å². The van der Waals surface area contributed by atoms with Crippen molar-refractivity contribution in [3.63, 3.8) is 0 Å². The number of aryl methyl sites for hydroxylation is 1. The van der Waals surface area contributed by atoms with Crippen LogP contribution in [0.5, 0.6) is 0 Å². The lowest BCUT2D eigenvalue weighted by molar-refractivity contribution is 0.865. The molecule has 0 heteroatoms. The molecule has 0 N–H and O–H groups in total. The van der Waals surface area contributed by atoms with Crippen molar-refractivity contribution in [2.45, 2.75) is 33.6 Å². The molecule has 0 unspecified atom stereocenters. The van der Waals surface area contributed by atoms with Gasteiger partial charge in [0.05, 0.1) is 0 Å². The quantitative estimate of drug-likeness (QED) is 0.711. The molecular formula is C18H21. The summed E-state index contributed by atoms with van der Waals surface area (Å²) in [7, 11) is 0. The van der Waals surface area contributed by atoms with Crippen LogP contribution in [0.25, 0.3) is 0 Å². The normalized spacial score (nSPS) is 10.9. The molecule has 0 saturated heterocycles. The molecule has 18 heavy (non-hydrogen) atoms. The van der Waals surface area contributed by atoms with E-state index in [9.17, 15) is 0 Å². The Hall–Kier alpha value is -1.56. The van der Waals surface area contributed by atoms with Gasteiger partial charge in [-0.2, -0.15) is 0 Å². The second kappa shape index (κ2) is 5.86. The van der Waals surface area contributed by atoms with Crippen molar-refractivity contribution in [1.82, 2.24) is 0 Å². The molecule has 0 heterocycles. The van der Waals surface area contributed by atoms with Crippen LogP contribution in [0.1, 0.15) is 35.6 Å². The summed E-state index contributed by atoms with van der Waals surface area (Å²) in [5, 5.41) is 0. The third kappa shape index (κ3) is 2.81. The van der Waals surface area contributed by atoms with Gasteiger partial charge in [-0.15, -0.1) is 0 Å². The summed E-state index contributed by atoms with van der Waals surface area (Å²) in [5.41, 5.74) is 5.63. The van der Waals surface area contributed by atoms with E-state index in [0.29, 0.717) is 0 Å². The van der Waals surface area contributed by atoms with Crippen molar-refractivity contribution < 1.29 is 0 Å². The molecule has 0 amide bonds. The number of hydrogen-bond donors (Lipinski definition) is 0. The lowest BCUT2D eigenvalue weighted by Crippen LogP contribution is -2.05. The minimum absolute atomic E-state index is 1.06. The number of benzene rings is 2. The second-order valence-corrected chi connectivity index (χ2v) is 4.87. The monoisotopic (exact) mass is 237 g/mol. The van der Waals surface area contributed by atoms with Gasteiger partial charge in [0.2, 0.25) is 0 Å². The van der Waals surface area contributed by atoms with Crippen molar-refractivity contribution in [2.24, 2.45) is 0 Å². The van der Waals surface area contributed by atoms with Crippen molar-refractivity contribution in [3.05, 3.63) is 76.7 Å². The molecule has 93 valence electrons. The Morgan fingerprint density at radius 1 is 0.889 bits per heavy atom. The molecule has 0 aliphatic heterocycles. The van der Waals surface area contributed by atoms with E-state index in [1.54, 1.807) is 0 Å². The van der Waals surface area contributed by atoms with Gasteiger partial charge >= 0.3 is 0 Å². The Balaban J connectivity index is 2.26. The van der Waals surface area contributed by atoms with Gasteiger partial charge < -0.3 is 0 Å². The van der Waals surface area contributed by atoms with Crippen molar-refractivity contribution in [1.29, 1.82) is 0 Å². The van der Waals surface area contributed by atoms with Gasteiger partial charge in [0.15, 0.2) is 0 Å². The highest BCUT2D eigenvalue weighted by molar-refractivity contribution is 5.43. The molecule has 0 spiro atoms. The van der Waals surface area contributed by atoms with Crippen LogP contribution in [-0.2, 0) is 6.42 Å². The Morgan fingerprint density at radius 2 is 1.61 bits per heavy atom. The third-order valence-corrected chi connectivity index (χ3v) is 3.67. The SMILES string of the molecule is CC[C](Cc1ccccc1)c1cccc(C)c1C. The van der Waals surface area contributed by atoms with Gasteiger partial charge in [-0.25, -0.2) is 0 Å². The molecule has 0 aliphatic rings. The summed E-state index contributed by atoms with van der Waals surface area (Å²) in [6.07, 6.45) is 2.17. The molecule has 0 aliphatic carbocycles. The summed E-state index contributed by atoms with van der Waals surface area (Å²) in [4.78, 5) is 0. The first-order valence-corrected chi connectivity index (χ1v) is 6.67. The molecule has 2 aromatic rings. The zero-order valence-electron chi connectivity index (χ0n) is 11.5. The lowest BCUT2D eigenvalue weighted by Gasteiger charge is -2.18. The van der Waals surface area contributed by atoms with E-state index in [2.05, 4.69) is 69.3 Å². The topological polar surface area (TPSA) is 0 Å². The van der Waals surface area contributed by atoms with Crippen LogP contribution in [0, 0.1) is 19.8 Å². The fourth-order valence-corrected chi connectivity index (χ4v) is 2.39. The molecule has 2 rings (SSSR count). The highest BCUT2D eigenvalue weighted by atomic mass is 14.2. The average molecular weight is 237 g/mol. The molecule has 0 nitrogen and oxygen atoms in total. The maximum atomic E-state index is 2.25. The van der Waals surface area contributed by atoms with E-state index >= 15 is 0 Å². The van der Waals surface area contributed by atoms with E-state index in [4.69, 9.17) is 0 Å². The van der Waals surface area contributed by atoms with E-state index in [1.165, 1.54) is 28.2 Å². The predicted molar refractivity (Wildman–Crippen MR) is 78.7 cm³/mol. The summed E-state index contributed by atoms with van der Waals surface area (Å²) in [5.74, 6) is 1.53. The minimum atomic E-state index is 1.06. The Morgan fingerprint density at radius 3 is 2.28 bits per heavy atom. The fraction of sp³-hybridized carbons (Fsp3) is 0.278. The predicted octanol–water partition coefficient (Wildman–Crippen LogP) is 4.88. The smallest absolute Gasteiger partial charge is 0.00934 e. The minimum Gasteiger partial charge on any atom is -0.0645 e. The van der Waals surface area contributed by atoms with E-state index in [-0.39, 0.29) is 0 Å². The summed E-state index contributed by atoms with van der Waals surface area (Å²) >= 11 is 0. The maximum absolute atomic E-state index is 2.25. The van der Waals surface area contributed by atoms with Crippen molar-refractivity contribution in [2.75, 3.05) is 0 Å². The Kier molecular flexibility index (Phi) is 4.19.